The lowest BCUT2D eigenvalue weighted by Crippen LogP contribution is -2.08. The molecule has 8 nitrogen and oxygen atoms in total. The smallest absolute Gasteiger partial charge is 0.271 e. The standard InChI is InChI=1S/C21H15N5O3/c27-26(28)18-13-7-12-17(14-18)23-24-19(15-8-3-1-4-9-15)20-22-21(29-25-20)16-10-5-2-6-11-16/h1-14,23H/b24-19+. The van der Waals surface area contributed by atoms with Crippen LogP contribution in [0.4, 0.5) is 11.4 Å². The maximum atomic E-state index is 11.0. The number of hydrogen-bond acceptors (Lipinski definition) is 7. The van der Waals surface area contributed by atoms with E-state index < -0.39 is 4.92 Å². The van der Waals surface area contributed by atoms with Crippen LogP contribution in [0, 0.1) is 10.1 Å². The fourth-order valence-electron chi connectivity index (χ4n) is 2.67. The number of hydrogen-bond donors (Lipinski definition) is 1. The van der Waals surface area contributed by atoms with Crippen LogP contribution in [-0.2, 0) is 0 Å². The summed E-state index contributed by atoms with van der Waals surface area (Å²) in [7, 11) is 0. The molecular formula is C21H15N5O3. The van der Waals surface area contributed by atoms with Crippen LogP contribution in [-0.4, -0.2) is 20.8 Å². The van der Waals surface area contributed by atoms with Gasteiger partial charge in [0.1, 0.15) is 5.71 Å². The molecule has 0 aliphatic rings. The minimum absolute atomic E-state index is 0.0302. The third-order valence-corrected chi connectivity index (χ3v) is 4.06. The van der Waals surface area contributed by atoms with Crippen LogP contribution < -0.4 is 5.43 Å². The topological polar surface area (TPSA) is 106 Å². The fourth-order valence-corrected chi connectivity index (χ4v) is 2.67. The van der Waals surface area contributed by atoms with Crippen LogP contribution in [0.3, 0.4) is 0 Å². The Morgan fingerprint density at radius 1 is 0.966 bits per heavy atom. The molecular weight excluding hydrogens is 370 g/mol. The summed E-state index contributed by atoms with van der Waals surface area (Å²) in [4.78, 5) is 15.0. The van der Waals surface area contributed by atoms with Gasteiger partial charge in [0.15, 0.2) is 0 Å². The van der Waals surface area contributed by atoms with Crippen LogP contribution in [0.2, 0.25) is 0 Å². The maximum absolute atomic E-state index is 11.0. The van der Waals surface area contributed by atoms with E-state index in [9.17, 15) is 10.1 Å². The monoisotopic (exact) mass is 385 g/mol. The van der Waals surface area contributed by atoms with Crippen molar-refractivity contribution in [2.24, 2.45) is 5.10 Å². The van der Waals surface area contributed by atoms with Crippen LogP contribution >= 0.6 is 0 Å². The summed E-state index contributed by atoms with van der Waals surface area (Å²) >= 11 is 0. The van der Waals surface area contributed by atoms with Crippen LogP contribution in [0.1, 0.15) is 11.4 Å². The van der Waals surface area contributed by atoms with E-state index in [4.69, 9.17) is 4.52 Å². The number of non-ortho nitro benzene ring substituents is 1. The van der Waals surface area contributed by atoms with Gasteiger partial charge in [-0.1, -0.05) is 59.8 Å². The molecule has 0 unspecified atom stereocenters. The van der Waals surface area contributed by atoms with Gasteiger partial charge >= 0.3 is 0 Å². The lowest BCUT2D eigenvalue weighted by molar-refractivity contribution is -0.384. The molecule has 29 heavy (non-hydrogen) atoms. The van der Waals surface area contributed by atoms with Crippen molar-refractivity contribution in [2.75, 3.05) is 5.43 Å². The average molecular weight is 385 g/mol. The van der Waals surface area contributed by atoms with Crippen molar-refractivity contribution in [1.29, 1.82) is 0 Å². The first-order chi connectivity index (χ1) is 14.2. The van der Waals surface area contributed by atoms with Gasteiger partial charge in [-0.15, -0.1) is 0 Å². The number of benzene rings is 3. The molecule has 4 aromatic rings. The van der Waals surface area contributed by atoms with Crippen LogP contribution in [0.5, 0.6) is 0 Å². The second-order valence-corrected chi connectivity index (χ2v) is 6.03. The molecule has 0 bridgehead atoms. The summed E-state index contributed by atoms with van der Waals surface area (Å²) in [5, 5.41) is 19.4. The van der Waals surface area contributed by atoms with E-state index in [1.165, 1.54) is 12.1 Å². The molecule has 0 saturated carbocycles. The number of nitrogens with one attached hydrogen (secondary N) is 1. The Balaban J connectivity index is 1.70. The van der Waals surface area contributed by atoms with E-state index in [1.807, 2.05) is 60.7 Å². The van der Waals surface area contributed by atoms with Crippen molar-refractivity contribution in [3.05, 3.63) is 106 Å². The van der Waals surface area contributed by atoms with Crippen molar-refractivity contribution in [1.82, 2.24) is 10.1 Å². The molecule has 0 atom stereocenters. The summed E-state index contributed by atoms with van der Waals surface area (Å²) in [6.45, 7) is 0. The Morgan fingerprint density at radius 3 is 2.41 bits per heavy atom. The SMILES string of the molecule is O=[N+]([O-])c1cccc(N/N=C(\c2ccccc2)c2noc(-c3ccccc3)n2)c1. The molecule has 142 valence electrons. The minimum Gasteiger partial charge on any atom is -0.334 e. The number of anilines is 1. The highest BCUT2D eigenvalue weighted by molar-refractivity contribution is 6.10. The number of nitro benzene ring substituents is 1. The summed E-state index contributed by atoms with van der Waals surface area (Å²) in [5.41, 5.74) is 5.30. The average Bonchev–Trinajstić information content (AvgIpc) is 3.25. The summed E-state index contributed by atoms with van der Waals surface area (Å²) in [6, 6.07) is 24.9. The summed E-state index contributed by atoms with van der Waals surface area (Å²) < 4.78 is 5.40. The van der Waals surface area contributed by atoms with Gasteiger partial charge in [0, 0.05) is 23.3 Å². The molecule has 0 saturated heterocycles. The zero-order chi connectivity index (χ0) is 20.1. The van der Waals surface area contributed by atoms with E-state index in [1.54, 1.807) is 12.1 Å². The van der Waals surface area contributed by atoms with E-state index in [-0.39, 0.29) is 5.69 Å². The van der Waals surface area contributed by atoms with Crippen molar-refractivity contribution in [3.8, 4) is 11.5 Å². The first-order valence-corrected chi connectivity index (χ1v) is 8.74. The molecule has 0 aliphatic carbocycles. The van der Waals surface area contributed by atoms with E-state index in [0.717, 1.165) is 11.1 Å². The molecule has 4 rings (SSSR count). The first-order valence-electron chi connectivity index (χ1n) is 8.74. The number of nitrogens with zero attached hydrogens (tertiary/aromatic N) is 4. The van der Waals surface area contributed by atoms with Crippen molar-refractivity contribution in [2.45, 2.75) is 0 Å². The van der Waals surface area contributed by atoms with Gasteiger partial charge in [-0.3, -0.25) is 15.5 Å². The molecule has 0 spiro atoms. The number of nitro groups is 1. The third-order valence-electron chi connectivity index (χ3n) is 4.06. The van der Waals surface area contributed by atoms with Gasteiger partial charge in [-0.05, 0) is 18.2 Å². The predicted octanol–water partition coefficient (Wildman–Crippen LogP) is 4.51. The summed E-state index contributed by atoms with van der Waals surface area (Å²) in [6.07, 6.45) is 0. The van der Waals surface area contributed by atoms with E-state index in [0.29, 0.717) is 23.1 Å². The number of aromatic nitrogens is 2. The zero-order valence-corrected chi connectivity index (χ0v) is 15.1. The Bertz CT molecular complexity index is 1160. The second-order valence-electron chi connectivity index (χ2n) is 6.03. The zero-order valence-electron chi connectivity index (χ0n) is 15.1. The predicted molar refractivity (Wildman–Crippen MR) is 109 cm³/mol. The second kappa shape index (κ2) is 8.13. The maximum Gasteiger partial charge on any atom is 0.271 e. The molecule has 0 amide bonds. The molecule has 8 heteroatoms. The first kappa shape index (κ1) is 18.1. The molecule has 1 N–H and O–H groups in total. The lowest BCUT2D eigenvalue weighted by atomic mass is 10.1. The van der Waals surface area contributed by atoms with Crippen LogP contribution in [0.15, 0.2) is 94.6 Å². The Hall–Kier alpha value is -4.33. The molecule has 0 aliphatic heterocycles. The van der Waals surface area contributed by atoms with Gasteiger partial charge in [-0.25, -0.2) is 0 Å². The van der Waals surface area contributed by atoms with E-state index >= 15 is 0 Å². The molecule has 3 aromatic carbocycles. The highest BCUT2D eigenvalue weighted by Gasteiger charge is 2.16. The van der Waals surface area contributed by atoms with Gasteiger partial charge in [0.05, 0.1) is 10.6 Å². The third kappa shape index (κ3) is 4.16. The summed E-state index contributed by atoms with van der Waals surface area (Å²) in [5.74, 6) is 0.674. The number of rotatable bonds is 6. The minimum atomic E-state index is -0.460. The van der Waals surface area contributed by atoms with Crippen molar-refractivity contribution in [3.63, 3.8) is 0 Å². The molecule has 0 fully saturated rings. The normalized spacial score (nSPS) is 11.2. The molecule has 1 heterocycles. The Kier molecular flexibility index (Phi) is 5.06. The largest absolute Gasteiger partial charge is 0.334 e. The quantitative estimate of drug-likeness (QED) is 0.297. The van der Waals surface area contributed by atoms with Gasteiger partial charge in [0.2, 0.25) is 5.82 Å². The van der Waals surface area contributed by atoms with Gasteiger partial charge in [-0.2, -0.15) is 10.1 Å². The van der Waals surface area contributed by atoms with E-state index in [2.05, 4.69) is 20.7 Å². The van der Waals surface area contributed by atoms with Crippen molar-refractivity contribution < 1.29 is 9.45 Å². The number of hydrazone groups is 1. The van der Waals surface area contributed by atoms with Gasteiger partial charge < -0.3 is 4.52 Å². The molecule has 1 aromatic heterocycles. The fraction of sp³-hybridized carbons (Fsp3) is 0. The van der Waals surface area contributed by atoms with Crippen molar-refractivity contribution >= 4 is 17.1 Å². The highest BCUT2D eigenvalue weighted by Crippen LogP contribution is 2.20. The van der Waals surface area contributed by atoms with Gasteiger partial charge in [0.25, 0.3) is 11.6 Å². The Morgan fingerprint density at radius 2 is 1.69 bits per heavy atom. The van der Waals surface area contributed by atoms with Crippen LogP contribution in [0.25, 0.3) is 11.5 Å². The Labute approximate surface area is 165 Å². The highest BCUT2D eigenvalue weighted by atomic mass is 16.6. The molecule has 0 radical (unpaired) electrons. The lowest BCUT2D eigenvalue weighted by Gasteiger charge is -2.05.